The number of rotatable bonds is 3. The highest BCUT2D eigenvalue weighted by molar-refractivity contribution is 5.33. The molecule has 1 N–H and O–H groups in total. The van der Waals surface area contributed by atoms with Gasteiger partial charge in [-0.2, -0.15) is 0 Å². The topological polar surface area (TPSA) is 23.5 Å². The van der Waals surface area contributed by atoms with Crippen LogP contribution in [0, 0.1) is 5.41 Å². The predicted octanol–water partition coefficient (Wildman–Crippen LogP) is 3.23. The van der Waals surface area contributed by atoms with Crippen LogP contribution in [0.15, 0.2) is 60.7 Å². The smallest absolute Gasteiger partial charge is 0.0621 e. The average Bonchev–Trinajstić information content (AvgIpc) is 2.50. The van der Waals surface area contributed by atoms with Gasteiger partial charge in [0, 0.05) is 18.5 Å². The van der Waals surface area contributed by atoms with Crippen LogP contribution in [-0.4, -0.2) is 29.2 Å². The first-order valence-corrected chi connectivity index (χ1v) is 7.81. The van der Waals surface area contributed by atoms with E-state index in [1.807, 2.05) is 0 Å². The van der Waals surface area contributed by atoms with E-state index in [1.165, 1.54) is 17.5 Å². The summed E-state index contributed by atoms with van der Waals surface area (Å²) in [6.45, 7) is 2.03. The molecule has 1 aliphatic heterocycles. The second kappa shape index (κ2) is 4.97. The van der Waals surface area contributed by atoms with Gasteiger partial charge in [0.2, 0.25) is 0 Å². The van der Waals surface area contributed by atoms with Crippen LogP contribution in [0.5, 0.6) is 0 Å². The second-order valence-electron chi connectivity index (χ2n) is 6.55. The molecular formula is C19H21NO. The van der Waals surface area contributed by atoms with Gasteiger partial charge < -0.3 is 5.11 Å². The Morgan fingerprint density at radius 2 is 1.43 bits per heavy atom. The lowest BCUT2D eigenvalue weighted by Gasteiger charge is -2.61. The van der Waals surface area contributed by atoms with Crippen LogP contribution in [0.4, 0.5) is 0 Å². The summed E-state index contributed by atoms with van der Waals surface area (Å²) in [5.74, 6) is 0. The SMILES string of the molecule is O[C@@H]1CCC12CN(C(c1ccccc1)c1ccccc1)C2. The molecule has 0 radical (unpaired) electrons. The first-order chi connectivity index (χ1) is 10.3. The van der Waals surface area contributed by atoms with E-state index in [0.29, 0.717) is 6.04 Å². The molecule has 1 heterocycles. The van der Waals surface area contributed by atoms with Crippen molar-refractivity contribution in [3.63, 3.8) is 0 Å². The van der Waals surface area contributed by atoms with E-state index in [0.717, 1.165) is 19.5 Å². The van der Waals surface area contributed by atoms with Crippen LogP contribution in [0.2, 0.25) is 0 Å². The van der Waals surface area contributed by atoms with Gasteiger partial charge in [-0.25, -0.2) is 0 Å². The van der Waals surface area contributed by atoms with Gasteiger partial charge >= 0.3 is 0 Å². The van der Waals surface area contributed by atoms with Crippen LogP contribution < -0.4 is 0 Å². The van der Waals surface area contributed by atoms with Gasteiger partial charge in [0.05, 0.1) is 12.1 Å². The zero-order valence-corrected chi connectivity index (χ0v) is 12.2. The average molecular weight is 279 g/mol. The summed E-state index contributed by atoms with van der Waals surface area (Å²) in [5, 5.41) is 10.0. The number of aliphatic hydroxyl groups excluding tert-OH is 1. The molecule has 2 fully saturated rings. The van der Waals surface area contributed by atoms with Crippen LogP contribution in [-0.2, 0) is 0 Å². The highest BCUT2D eigenvalue weighted by Crippen LogP contribution is 2.51. The molecule has 1 atom stereocenters. The summed E-state index contributed by atoms with van der Waals surface area (Å²) >= 11 is 0. The fraction of sp³-hybridized carbons (Fsp3) is 0.368. The van der Waals surface area contributed by atoms with Crippen LogP contribution in [0.25, 0.3) is 0 Å². The number of benzene rings is 2. The Labute approximate surface area is 126 Å². The first kappa shape index (κ1) is 13.1. The summed E-state index contributed by atoms with van der Waals surface area (Å²) in [5.41, 5.74) is 2.88. The molecule has 4 rings (SSSR count). The summed E-state index contributed by atoms with van der Waals surface area (Å²) < 4.78 is 0. The Morgan fingerprint density at radius 1 is 0.905 bits per heavy atom. The van der Waals surface area contributed by atoms with E-state index >= 15 is 0 Å². The maximum atomic E-state index is 10.0. The van der Waals surface area contributed by atoms with Gasteiger partial charge in [0.15, 0.2) is 0 Å². The van der Waals surface area contributed by atoms with E-state index in [2.05, 4.69) is 65.6 Å². The highest BCUT2D eigenvalue weighted by Gasteiger charge is 2.55. The lowest BCUT2D eigenvalue weighted by Crippen LogP contribution is -2.67. The van der Waals surface area contributed by atoms with E-state index in [-0.39, 0.29) is 11.5 Å². The standard InChI is InChI=1S/C19H21NO/c21-17-11-12-19(17)13-20(14-19)18(15-7-3-1-4-8-15)16-9-5-2-6-10-16/h1-10,17-18,21H,11-14H2/t17-/m1/s1. The Bertz CT molecular complexity index is 564. The summed E-state index contributed by atoms with van der Waals surface area (Å²) in [6.07, 6.45) is 2.08. The van der Waals surface area contributed by atoms with Crippen LogP contribution >= 0.6 is 0 Å². The van der Waals surface area contributed by atoms with Gasteiger partial charge in [-0.1, -0.05) is 60.7 Å². The largest absolute Gasteiger partial charge is 0.392 e. The lowest BCUT2D eigenvalue weighted by atomic mass is 9.60. The minimum absolute atomic E-state index is 0.0825. The molecular weight excluding hydrogens is 258 g/mol. The van der Waals surface area contributed by atoms with Crippen LogP contribution in [0.1, 0.15) is 30.0 Å². The Kier molecular flexibility index (Phi) is 3.09. The van der Waals surface area contributed by atoms with Crippen molar-refractivity contribution in [3.05, 3.63) is 71.8 Å². The monoisotopic (exact) mass is 279 g/mol. The van der Waals surface area contributed by atoms with Crippen molar-refractivity contribution < 1.29 is 5.11 Å². The summed E-state index contributed by atoms with van der Waals surface area (Å²) in [4.78, 5) is 2.51. The molecule has 108 valence electrons. The maximum Gasteiger partial charge on any atom is 0.0621 e. The molecule has 2 aromatic rings. The molecule has 2 nitrogen and oxygen atoms in total. The van der Waals surface area contributed by atoms with Crippen molar-refractivity contribution in [2.75, 3.05) is 13.1 Å². The van der Waals surface area contributed by atoms with E-state index in [4.69, 9.17) is 0 Å². The molecule has 0 aromatic heterocycles. The normalized spacial score (nSPS) is 23.8. The zero-order valence-electron chi connectivity index (χ0n) is 12.2. The molecule has 0 unspecified atom stereocenters. The first-order valence-electron chi connectivity index (χ1n) is 7.81. The molecule has 1 saturated heterocycles. The quantitative estimate of drug-likeness (QED) is 0.932. The third-order valence-corrected chi connectivity index (χ3v) is 5.25. The summed E-state index contributed by atoms with van der Waals surface area (Å²) in [6, 6.07) is 21.7. The van der Waals surface area contributed by atoms with Gasteiger partial charge in [0.1, 0.15) is 0 Å². The zero-order chi connectivity index (χ0) is 14.3. The Balaban J connectivity index is 1.63. The molecule has 21 heavy (non-hydrogen) atoms. The second-order valence-corrected chi connectivity index (χ2v) is 6.55. The van der Waals surface area contributed by atoms with Crippen molar-refractivity contribution in [1.29, 1.82) is 0 Å². The van der Waals surface area contributed by atoms with Gasteiger partial charge in [0.25, 0.3) is 0 Å². The van der Waals surface area contributed by atoms with Gasteiger partial charge in [-0.3, -0.25) is 4.90 Å². The maximum absolute atomic E-state index is 10.0. The van der Waals surface area contributed by atoms with Gasteiger partial charge in [-0.05, 0) is 24.0 Å². The van der Waals surface area contributed by atoms with Crippen molar-refractivity contribution in [1.82, 2.24) is 4.90 Å². The fourth-order valence-corrected chi connectivity index (χ4v) is 3.88. The number of nitrogens with zero attached hydrogens (tertiary/aromatic N) is 1. The summed E-state index contributed by atoms with van der Waals surface area (Å²) in [7, 11) is 0. The van der Waals surface area contributed by atoms with E-state index in [9.17, 15) is 5.11 Å². The minimum Gasteiger partial charge on any atom is -0.392 e. The van der Waals surface area contributed by atoms with Crippen molar-refractivity contribution in [2.45, 2.75) is 25.0 Å². The van der Waals surface area contributed by atoms with Crippen LogP contribution in [0.3, 0.4) is 0 Å². The molecule has 2 heteroatoms. The molecule has 2 aromatic carbocycles. The Morgan fingerprint density at radius 3 is 1.81 bits per heavy atom. The van der Waals surface area contributed by atoms with E-state index in [1.54, 1.807) is 0 Å². The van der Waals surface area contributed by atoms with Gasteiger partial charge in [-0.15, -0.1) is 0 Å². The molecule has 1 spiro atoms. The molecule has 0 bridgehead atoms. The molecule has 1 saturated carbocycles. The third-order valence-electron chi connectivity index (χ3n) is 5.25. The van der Waals surface area contributed by atoms with Crippen molar-refractivity contribution in [3.8, 4) is 0 Å². The van der Waals surface area contributed by atoms with Crippen molar-refractivity contribution >= 4 is 0 Å². The molecule has 2 aliphatic rings. The number of hydrogen-bond donors (Lipinski definition) is 1. The predicted molar refractivity (Wildman–Crippen MR) is 84.0 cm³/mol. The number of hydrogen-bond acceptors (Lipinski definition) is 2. The lowest BCUT2D eigenvalue weighted by molar-refractivity contribution is -0.166. The Hall–Kier alpha value is -1.64. The molecule has 0 amide bonds. The molecule has 1 aliphatic carbocycles. The third kappa shape index (κ3) is 2.10. The highest BCUT2D eigenvalue weighted by atomic mass is 16.3. The fourth-order valence-electron chi connectivity index (χ4n) is 3.88. The number of likely N-dealkylation sites (tertiary alicyclic amines) is 1. The minimum atomic E-state index is -0.0825. The van der Waals surface area contributed by atoms with Crippen molar-refractivity contribution in [2.24, 2.45) is 5.41 Å². The number of aliphatic hydroxyl groups is 1. The van der Waals surface area contributed by atoms with E-state index < -0.39 is 0 Å².